The summed E-state index contributed by atoms with van der Waals surface area (Å²) < 4.78 is 1.81. The van der Waals surface area contributed by atoms with Crippen LogP contribution in [0.25, 0.3) is 5.65 Å². The van der Waals surface area contributed by atoms with Crippen LogP contribution in [0.4, 0.5) is 0 Å². The molecule has 3 heterocycles. The molecular formula is C17H19N5O. The van der Waals surface area contributed by atoms with Crippen molar-refractivity contribution in [2.24, 2.45) is 0 Å². The van der Waals surface area contributed by atoms with Gasteiger partial charge in [-0.1, -0.05) is 0 Å². The molecule has 0 aliphatic heterocycles. The lowest BCUT2D eigenvalue weighted by molar-refractivity contribution is 0.0943. The van der Waals surface area contributed by atoms with Crippen LogP contribution in [0.1, 0.15) is 39.0 Å². The maximum atomic E-state index is 12.5. The molecule has 6 nitrogen and oxygen atoms in total. The molecule has 0 aliphatic rings. The summed E-state index contributed by atoms with van der Waals surface area (Å²) in [4.78, 5) is 25.7. The number of hydrogen-bond acceptors (Lipinski definition) is 4. The molecule has 0 bridgehead atoms. The van der Waals surface area contributed by atoms with Gasteiger partial charge >= 0.3 is 0 Å². The number of aryl methyl sites for hydroxylation is 4. The number of amides is 1. The lowest BCUT2D eigenvalue weighted by Gasteiger charge is -2.07. The van der Waals surface area contributed by atoms with E-state index in [1.54, 1.807) is 4.40 Å². The van der Waals surface area contributed by atoms with E-state index in [0.29, 0.717) is 23.8 Å². The van der Waals surface area contributed by atoms with E-state index in [0.717, 1.165) is 22.6 Å². The van der Waals surface area contributed by atoms with Gasteiger partial charge in [0.25, 0.3) is 5.91 Å². The van der Waals surface area contributed by atoms with E-state index in [4.69, 9.17) is 0 Å². The highest BCUT2D eigenvalue weighted by Gasteiger charge is 2.16. The van der Waals surface area contributed by atoms with E-state index in [2.05, 4.69) is 20.3 Å². The Kier molecular flexibility index (Phi) is 3.82. The molecule has 0 fully saturated rings. The summed E-state index contributed by atoms with van der Waals surface area (Å²) in [6.07, 6.45) is 1.87. The topological polar surface area (TPSA) is 72.2 Å². The van der Waals surface area contributed by atoms with Crippen LogP contribution in [0.5, 0.6) is 0 Å². The molecule has 0 saturated heterocycles. The normalized spacial score (nSPS) is 11.0. The minimum absolute atomic E-state index is 0.179. The van der Waals surface area contributed by atoms with Gasteiger partial charge in [0.1, 0.15) is 17.2 Å². The third-order valence-corrected chi connectivity index (χ3v) is 3.61. The number of carbonyl (C=O) groups is 1. The number of pyridine rings is 1. The number of nitrogens with zero attached hydrogens (tertiary/aromatic N) is 4. The molecule has 118 valence electrons. The van der Waals surface area contributed by atoms with Crippen molar-refractivity contribution in [3.05, 3.63) is 58.6 Å². The van der Waals surface area contributed by atoms with Crippen molar-refractivity contribution in [1.29, 1.82) is 0 Å². The fourth-order valence-electron chi connectivity index (χ4n) is 2.66. The van der Waals surface area contributed by atoms with Gasteiger partial charge in [0, 0.05) is 17.6 Å². The molecule has 0 aliphatic carbocycles. The Hall–Kier alpha value is -2.76. The zero-order valence-electron chi connectivity index (χ0n) is 13.7. The lowest BCUT2D eigenvalue weighted by Crippen LogP contribution is -2.26. The zero-order valence-corrected chi connectivity index (χ0v) is 13.7. The second-order valence-electron chi connectivity index (χ2n) is 5.73. The molecule has 3 rings (SSSR count). The minimum atomic E-state index is -0.179. The van der Waals surface area contributed by atoms with Gasteiger partial charge in [0.2, 0.25) is 0 Å². The van der Waals surface area contributed by atoms with Crippen LogP contribution in [0, 0.1) is 27.7 Å². The van der Waals surface area contributed by atoms with Crippen molar-refractivity contribution in [3.63, 3.8) is 0 Å². The Morgan fingerprint density at radius 3 is 2.48 bits per heavy atom. The molecule has 0 atom stereocenters. The van der Waals surface area contributed by atoms with Crippen LogP contribution in [0.3, 0.4) is 0 Å². The molecule has 0 saturated carbocycles. The quantitative estimate of drug-likeness (QED) is 0.805. The van der Waals surface area contributed by atoms with Gasteiger partial charge in [-0.15, -0.1) is 0 Å². The van der Waals surface area contributed by atoms with Crippen molar-refractivity contribution in [2.45, 2.75) is 34.2 Å². The van der Waals surface area contributed by atoms with Crippen molar-refractivity contribution in [3.8, 4) is 0 Å². The number of rotatable bonds is 3. The summed E-state index contributed by atoms with van der Waals surface area (Å²) in [6, 6.07) is 5.82. The highest BCUT2D eigenvalue weighted by Crippen LogP contribution is 2.13. The van der Waals surface area contributed by atoms with E-state index in [1.165, 1.54) is 0 Å². The fourth-order valence-corrected chi connectivity index (χ4v) is 2.66. The van der Waals surface area contributed by atoms with Gasteiger partial charge in [0.15, 0.2) is 0 Å². The first-order chi connectivity index (χ1) is 10.9. The first-order valence-electron chi connectivity index (χ1n) is 7.48. The highest BCUT2D eigenvalue weighted by molar-refractivity contribution is 5.94. The van der Waals surface area contributed by atoms with E-state index < -0.39 is 0 Å². The Morgan fingerprint density at radius 1 is 1.09 bits per heavy atom. The van der Waals surface area contributed by atoms with Gasteiger partial charge < -0.3 is 5.32 Å². The molecule has 1 N–H and O–H groups in total. The Morgan fingerprint density at radius 2 is 1.78 bits per heavy atom. The average Bonchev–Trinajstić information content (AvgIpc) is 2.78. The smallest absolute Gasteiger partial charge is 0.270 e. The summed E-state index contributed by atoms with van der Waals surface area (Å²) in [5, 5.41) is 2.88. The largest absolute Gasteiger partial charge is 0.343 e. The van der Waals surface area contributed by atoms with E-state index in [1.807, 2.05) is 52.1 Å². The predicted molar refractivity (Wildman–Crippen MR) is 87.3 cm³/mol. The maximum Gasteiger partial charge on any atom is 0.270 e. The average molecular weight is 309 g/mol. The molecular weight excluding hydrogens is 290 g/mol. The van der Waals surface area contributed by atoms with Crippen LogP contribution < -0.4 is 5.32 Å². The number of hydrogen-bond donors (Lipinski definition) is 1. The van der Waals surface area contributed by atoms with Crippen LogP contribution in [-0.2, 0) is 6.54 Å². The van der Waals surface area contributed by atoms with Crippen LogP contribution in [0.2, 0.25) is 0 Å². The second kappa shape index (κ2) is 5.79. The summed E-state index contributed by atoms with van der Waals surface area (Å²) >= 11 is 0. The molecule has 3 aromatic rings. The van der Waals surface area contributed by atoms with Gasteiger partial charge in [-0.05, 0) is 51.5 Å². The Bertz CT molecular complexity index is 877. The van der Waals surface area contributed by atoms with E-state index >= 15 is 0 Å². The summed E-state index contributed by atoms with van der Waals surface area (Å²) in [7, 11) is 0. The first-order valence-corrected chi connectivity index (χ1v) is 7.48. The van der Waals surface area contributed by atoms with Crippen molar-refractivity contribution >= 4 is 11.6 Å². The highest BCUT2D eigenvalue weighted by atomic mass is 16.1. The van der Waals surface area contributed by atoms with Crippen molar-refractivity contribution < 1.29 is 4.79 Å². The molecule has 1 amide bonds. The Labute approximate surface area is 134 Å². The molecule has 23 heavy (non-hydrogen) atoms. The monoisotopic (exact) mass is 309 g/mol. The SMILES string of the molecule is Cc1ccn2c(C(=O)NCc3nc(C)cc(C)n3)c(C)nc2c1. The van der Waals surface area contributed by atoms with Gasteiger partial charge in [-0.2, -0.15) is 0 Å². The van der Waals surface area contributed by atoms with E-state index in [9.17, 15) is 4.79 Å². The van der Waals surface area contributed by atoms with Gasteiger partial charge in [-0.3, -0.25) is 9.20 Å². The molecule has 6 heteroatoms. The predicted octanol–water partition coefficient (Wildman–Crippen LogP) is 2.29. The first kappa shape index (κ1) is 15.1. The van der Waals surface area contributed by atoms with Gasteiger partial charge in [0.05, 0.1) is 12.2 Å². The minimum Gasteiger partial charge on any atom is -0.343 e. The van der Waals surface area contributed by atoms with Crippen molar-refractivity contribution in [2.75, 3.05) is 0 Å². The second-order valence-corrected chi connectivity index (χ2v) is 5.73. The standard InChI is InChI=1S/C17H19N5O/c1-10-5-6-22-15(7-10)21-13(4)16(22)17(23)18-9-14-19-11(2)8-12(3)20-14/h5-8H,9H2,1-4H3,(H,18,23). The third kappa shape index (κ3) is 3.06. The van der Waals surface area contributed by atoms with Crippen LogP contribution in [-0.4, -0.2) is 25.3 Å². The molecule has 0 unspecified atom stereocenters. The maximum absolute atomic E-state index is 12.5. The fraction of sp³-hybridized carbons (Fsp3) is 0.294. The molecule has 0 spiro atoms. The number of aromatic nitrogens is 4. The van der Waals surface area contributed by atoms with Gasteiger partial charge in [-0.25, -0.2) is 15.0 Å². The molecule has 0 radical (unpaired) electrons. The summed E-state index contributed by atoms with van der Waals surface area (Å²) in [6.45, 7) is 7.96. The van der Waals surface area contributed by atoms with Crippen LogP contribution in [0.15, 0.2) is 24.4 Å². The molecule has 3 aromatic heterocycles. The number of carbonyl (C=O) groups excluding carboxylic acids is 1. The third-order valence-electron chi connectivity index (χ3n) is 3.61. The van der Waals surface area contributed by atoms with E-state index in [-0.39, 0.29) is 5.91 Å². The summed E-state index contributed by atoms with van der Waals surface area (Å²) in [5.74, 6) is 0.430. The van der Waals surface area contributed by atoms with Crippen molar-refractivity contribution in [1.82, 2.24) is 24.7 Å². The zero-order chi connectivity index (χ0) is 16.6. The molecule has 0 aromatic carbocycles. The van der Waals surface area contributed by atoms with Crippen LogP contribution >= 0.6 is 0 Å². The Balaban J connectivity index is 1.85. The lowest BCUT2D eigenvalue weighted by atomic mass is 10.3. The number of fused-ring (bicyclic) bond motifs is 1. The number of nitrogens with one attached hydrogen (secondary N) is 1. The number of imidazole rings is 1. The summed E-state index contributed by atoms with van der Waals surface area (Å²) in [5.41, 5.74) is 4.92.